The second-order valence-corrected chi connectivity index (χ2v) is 7.51. The number of benzene rings is 2. The highest BCUT2D eigenvalue weighted by Crippen LogP contribution is 2.30. The zero-order chi connectivity index (χ0) is 20.6. The van der Waals surface area contributed by atoms with E-state index in [2.05, 4.69) is 6.92 Å². The Balaban J connectivity index is 1.84. The van der Waals surface area contributed by atoms with Crippen molar-refractivity contribution in [2.45, 2.75) is 50.7 Å². The molecule has 1 N–H and O–H groups in total. The molecule has 1 unspecified atom stereocenters. The first-order valence-corrected chi connectivity index (χ1v) is 10.4. The number of unbranched alkanes of at least 4 members (excludes halogenated alkanes) is 1. The molecular formula is C24H29NO4. The van der Waals surface area contributed by atoms with Crippen molar-refractivity contribution < 1.29 is 19.4 Å². The summed E-state index contributed by atoms with van der Waals surface area (Å²) in [6.45, 7) is 3.12. The quantitative estimate of drug-likeness (QED) is 0.684. The van der Waals surface area contributed by atoms with E-state index in [9.17, 15) is 14.7 Å². The predicted octanol–water partition coefficient (Wildman–Crippen LogP) is 4.08. The highest BCUT2D eigenvalue weighted by Gasteiger charge is 2.39. The molecule has 1 fully saturated rings. The lowest BCUT2D eigenvalue weighted by Crippen LogP contribution is -2.53. The molecule has 2 aromatic carbocycles. The van der Waals surface area contributed by atoms with Crippen LogP contribution in [-0.2, 0) is 14.3 Å². The van der Waals surface area contributed by atoms with Gasteiger partial charge in [0.25, 0.3) is 0 Å². The fourth-order valence-corrected chi connectivity index (χ4v) is 3.91. The lowest BCUT2D eigenvalue weighted by Gasteiger charge is -2.39. The molecule has 1 saturated heterocycles. The average Bonchev–Trinajstić information content (AvgIpc) is 2.75. The highest BCUT2D eigenvalue weighted by molar-refractivity contribution is 5.91. The fraction of sp³-hybridized carbons (Fsp3) is 0.417. The molecule has 0 radical (unpaired) electrons. The van der Waals surface area contributed by atoms with Crippen LogP contribution in [0.25, 0.3) is 0 Å². The number of carbonyl (C=O) groups is 2. The van der Waals surface area contributed by atoms with Gasteiger partial charge in [0.15, 0.2) is 0 Å². The number of hydrogen-bond donors (Lipinski definition) is 1. The van der Waals surface area contributed by atoms with Crippen molar-refractivity contribution in [2.75, 3.05) is 13.2 Å². The van der Waals surface area contributed by atoms with Gasteiger partial charge in [-0.15, -0.1) is 0 Å². The first-order chi connectivity index (χ1) is 14.1. The fourth-order valence-electron chi connectivity index (χ4n) is 3.91. The summed E-state index contributed by atoms with van der Waals surface area (Å²) in [6, 6.07) is 18.3. The summed E-state index contributed by atoms with van der Waals surface area (Å²) < 4.78 is 5.86. The molecule has 5 nitrogen and oxygen atoms in total. The van der Waals surface area contributed by atoms with E-state index in [1.807, 2.05) is 60.7 Å². The van der Waals surface area contributed by atoms with Crippen molar-refractivity contribution in [3.05, 3.63) is 71.8 Å². The van der Waals surface area contributed by atoms with Gasteiger partial charge in [0.2, 0.25) is 5.91 Å². The highest BCUT2D eigenvalue weighted by atomic mass is 16.5. The monoisotopic (exact) mass is 395 g/mol. The van der Waals surface area contributed by atoms with Gasteiger partial charge in [-0.25, -0.2) is 4.79 Å². The van der Waals surface area contributed by atoms with Crippen LogP contribution in [0.5, 0.6) is 0 Å². The molecule has 0 aliphatic carbocycles. The number of aliphatic carboxylic acids is 1. The van der Waals surface area contributed by atoms with E-state index in [-0.39, 0.29) is 12.0 Å². The molecule has 1 heterocycles. The summed E-state index contributed by atoms with van der Waals surface area (Å²) in [5.41, 5.74) is 1.74. The topological polar surface area (TPSA) is 66.8 Å². The summed E-state index contributed by atoms with van der Waals surface area (Å²) >= 11 is 0. The molecule has 1 aliphatic rings. The van der Waals surface area contributed by atoms with Crippen LogP contribution in [0.2, 0.25) is 0 Å². The first kappa shape index (κ1) is 21.1. The summed E-state index contributed by atoms with van der Waals surface area (Å²) in [7, 11) is 0. The summed E-state index contributed by atoms with van der Waals surface area (Å²) in [5, 5.41) is 9.82. The maximum Gasteiger partial charge on any atom is 0.326 e. The molecular weight excluding hydrogens is 366 g/mol. The van der Waals surface area contributed by atoms with Crippen LogP contribution >= 0.6 is 0 Å². The lowest BCUT2D eigenvalue weighted by molar-refractivity contribution is -0.156. The number of carboxylic acids is 1. The second kappa shape index (κ2) is 10.2. The van der Waals surface area contributed by atoms with Crippen LogP contribution in [0.3, 0.4) is 0 Å². The average molecular weight is 395 g/mol. The Labute approximate surface area is 172 Å². The van der Waals surface area contributed by atoms with E-state index in [1.165, 1.54) is 4.90 Å². The minimum atomic E-state index is -0.970. The number of likely N-dealkylation sites (tertiary alicyclic amines) is 1. The molecule has 1 amide bonds. The molecule has 0 bridgehead atoms. The predicted molar refractivity (Wildman–Crippen MR) is 112 cm³/mol. The molecule has 0 saturated carbocycles. The standard InChI is InChI=1S/C24H29NO4/c1-2-3-16-29-20-14-15-25(21(17-20)24(27)28)23(26)22(18-10-6-4-7-11-18)19-12-8-5-9-13-19/h4-13,20-22H,2-3,14-17H2,1H3,(H,27,28)/t20?,21-/m0/s1. The van der Waals surface area contributed by atoms with Gasteiger partial charge in [0, 0.05) is 19.6 Å². The van der Waals surface area contributed by atoms with Crippen molar-refractivity contribution in [1.29, 1.82) is 0 Å². The zero-order valence-electron chi connectivity index (χ0n) is 16.9. The lowest BCUT2D eigenvalue weighted by atomic mass is 9.88. The van der Waals surface area contributed by atoms with Gasteiger partial charge in [-0.1, -0.05) is 74.0 Å². The van der Waals surface area contributed by atoms with Gasteiger partial charge in [-0.05, 0) is 24.0 Å². The third-order valence-electron chi connectivity index (χ3n) is 5.49. The number of nitrogens with zero attached hydrogens (tertiary/aromatic N) is 1. The largest absolute Gasteiger partial charge is 0.480 e. The van der Waals surface area contributed by atoms with E-state index in [0.29, 0.717) is 26.0 Å². The van der Waals surface area contributed by atoms with Crippen LogP contribution in [0.15, 0.2) is 60.7 Å². The molecule has 2 atom stereocenters. The normalized spacial score (nSPS) is 19.3. The number of amides is 1. The third kappa shape index (κ3) is 5.24. The minimum absolute atomic E-state index is 0.112. The zero-order valence-corrected chi connectivity index (χ0v) is 16.9. The number of rotatable bonds is 8. The van der Waals surface area contributed by atoms with E-state index >= 15 is 0 Å². The molecule has 1 aliphatic heterocycles. The van der Waals surface area contributed by atoms with Crippen LogP contribution in [-0.4, -0.2) is 47.2 Å². The van der Waals surface area contributed by atoms with Gasteiger partial charge in [0.05, 0.1) is 12.0 Å². The first-order valence-electron chi connectivity index (χ1n) is 10.4. The van der Waals surface area contributed by atoms with Crippen molar-refractivity contribution in [1.82, 2.24) is 4.90 Å². The van der Waals surface area contributed by atoms with Crippen LogP contribution in [0, 0.1) is 0 Å². The molecule has 0 spiro atoms. The van der Waals surface area contributed by atoms with Crippen molar-refractivity contribution in [3.63, 3.8) is 0 Å². The molecule has 5 heteroatoms. The van der Waals surface area contributed by atoms with Gasteiger partial charge in [-0.2, -0.15) is 0 Å². The Kier molecular flexibility index (Phi) is 7.42. The Bertz CT molecular complexity index is 754. The maximum absolute atomic E-state index is 13.6. The van der Waals surface area contributed by atoms with E-state index in [4.69, 9.17) is 4.74 Å². The molecule has 3 rings (SSSR count). The maximum atomic E-state index is 13.6. The van der Waals surface area contributed by atoms with Gasteiger partial charge >= 0.3 is 5.97 Å². The Hall–Kier alpha value is -2.66. The number of piperidine rings is 1. The Morgan fingerprint density at radius 2 is 1.66 bits per heavy atom. The number of carbonyl (C=O) groups excluding carboxylic acids is 1. The Morgan fingerprint density at radius 1 is 1.07 bits per heavy atom. The van der Waals surface area contributed by atoms with Crippen LogP contribution in [0.4, 0.5) is 0 Å². The smallest absolute Gasteiger partial charge is 0.326 e. The number of carboxylic acid groups (broad SMARTS) is 1. The number of hydrogen-bond acceptors (Lipinski definition) is 3. The van der Waals surface area contributed by atoms with E-state index in [1.54, 1.807) is 0 Å². The summed E-state index contributed by atoms with van der Waals surface area (Å²) in [6.07, 6.45) is 2.88. The summed E-state index contributed by atoms with van der Waals surface area (Å²) in [5.74, 6) is -1.65. The van der Waals surface area contributed by atoms with Crippen LogP contribution < -0.4 is 0 Å². The molecule has 154 valence electrons. The molecule has 29 heavy (non-hydrogen) atoms. The van der Waals surface area contributed by atoms with Gasteiger partial charge in [-0.3, -0.25) is 4.79 Å². The third-order valence-corrected chi connectivity index (χ3v) is 5.49. The van der Waals surface area contributed by atoms with Gasteiger partial charge < -0.3 is 14.7 Å². The number of ether oxygens (including phenoxy) is 1. The SMILES string of the molecule is CCCCOC1CCN(C(=O)C(c2ccccc2)c2ccccc2)[C@H](C(=O)O)C1. The van der Waals surface area contributed by atoms with E-state index in [0.717, 1.165) is 24.0 Å². The van der Waals surface area contributed by atoms with Crippen LogP contribution in [0.1, 0.15) is 49.7 Å². The van der Waals surface area contributed by atoms with E-state index < -0.39 is 17.9 Å². The second-order valence-electron chi connectivity index (χ2n) is 7.51. The minimum Gasteiger partial charge on any atom is -0.480 e. The van der Waals surface area contributed by atoms with Crippen molar-refractivity contribution in [3.8, 4) is 0 Å². The summed E-state index contributed by atoms with van der Waals surface area (Å²) in [4.78, 5) is 27.1. The molecule has 0 aromatic heterocycles. The Morgan fingerprint density at radius 3 is 2.17 bits per heavy atom. The van der Waals surface area contributed by atoms with Crippen molar-refractivity contribution in [2.24, 2.45) is 0 Å². The molecule has 2 aromatic rings. The van der Waals surface area contributed by atoms with Gasteiger partial charge in [0.1, 0.15) is 6.04 Å². The van der Waals surface area contributed by atoms with Crippen molar-refractivity contribution >= 4 is 11.9 Å².